The van der Waals surface area contributed by atoms with Gasteiger partial charge in [-0.25, -0.2) is 0 Å². The highest BCUT2D eigenvalue weighted by Crippen LogP contribution is 2.29. The molecule has 0 aromatic heterocycles. The monoisotopic (exact) mass is 303 g/mol. The molecule has 1 atom stereocenters. The molecule has 0 radical (unpaired) electrons. The molecule has 2 aromatic carbocycles. The van der Waals surface area contributed by atoms with E-state index in [2.05, 4.69) is 32.9 Å². The summed E-state index contributed by atoms with van der Waals surface area (Å²) in [5, 5.41) is 0.704. The SMILES string of the molecule is COc1ccc(Cl)cc1CC(N)c1c(C)cc(C)cc1C. The molecule has 0 saturated heterocycles. The number of hydrogen-bond acceptors (Lipinski definition) is 2. The molecule has 0 aliphatic heterocycles. The van der Waals surface area contributed by atoms with Crippen LogP contribution < -0.4 is 10.5 Å². The Morgan fingerprint density at radius 3 is 2.29 bits per heavy atom. The van der Waals surface area contributed by atoms with Gasteiger partial charge in [0.05, 0.1) is 7.11 Å². The van der Waals surface area contributed by atoms with Crippen LogP contribution in [0.4, 0.5) is 0 Å². The Kier molecular flexibility index (Phi) is 4.92. The predicted molar refractivity (Wildman–Crippen MR) is 89.3 cm³/mol. The number of rotatable bonds is 4. The summed E-state index contributed by atoms with van der Waals surface area (Å²) >= 11 is 6.09. The number of halogens is 1. The van der Waals surface area contributed by atoms with E-state index in [1.807, 2.05) is 18.2 Å². The molecule has 21 heavy (non-hydrogen) atoms. The van der Waals surface area contributed by atoms with E-state index in [1.54, 1.807) is 7.11 Å². The van der Waals surface area contributed by atoms with Crippen LogP contribution in [-0.2, 0) is 6.42 Å². The van der Waals surface area contributed by atoms with Crippen LogP contribution in [0.25, 0.3) is 0 Å². The summed E-state index contributed by atoms with van der Waals surface area (Å²) in [6.07, 6.45) is 0.703. The van der Waals surface area contributed by atoms with Crippen LogP contribution in [0.2, 0.25) is 5.02 Å². The highest BCUT2D eigenvalue weighted by Gasteiger charge is 2.15. The lowest BCUT2D eigenvalue weighted by Gasteiger charge is -2.20. The Labute approximate surface area is 131 Å². The lowest BCUT2D eigenvalue weighted by Crippen LogP contribution is -2.16. The van der Waals surface area contributed by atoms with E-state index < -0.39 is 0 Å². The Hall–Kier alpha value is -1.51. The van der Waals surface area contributed by atoms with Crippen molar-refractivity contribution in [3.05, 3.63) is 63.2 Å². The van der Waals surface area contributed by atoms with Crippen LogP contribution in [0.3, 0.4) is 0 Å². The average molecular weight is 304 g/mol. The molecule has 3 heteroatoms. The van der Waals surface area contributed by atoms with Crippen LogP contribution in [0, 0.1) is 20.8 Å². The molecule has 0 bridgehead atoms. The van der Waals surface area contributed by atoms with E-state index >= 15 is 0 Å². The van der Waals surface area contributed by atoms with Crippen molar-refractivity contribution in [2.24, 2.45) is 5.73 Å². The van der Waals surface area contributed by atoms with Crippen molar-refractivity contribution in [1.29, 1.82) is 0 Å². The largest absolute Gasteiger partial charge is 0.496 e. The van der Waals surface area contributed by atoms with Crippen molar-refractivity contribution >= 4 is 11.6 Å². The first-order valence-corrected chi connectivity index (χ1v) is 7.46. The van der Waals surface area contributed by atoms with Gasteiger partial charge in [-0.05, 0) is 67.6 Å². The van der Waals surface area contributed by atoms with Gasteiger partial charge in [0.1, 0.15) is 5.75 Å². The fourth-order valence-electron chi connectivity index (χ4n) is 3.02. The highest BCUT2D eigenvalue weighted by molar-refractivity contribution is 6.30. The van der Waals surface area contributed by atoms with Crippen molar-refractivity contribution < 1.29 is 4.74 Å². The first kappa shape index (κ1) is 15.9. The van der Waals surface area contributed by atoms with Crippen LogP contribution in [-0.4, -0.2) is 7.11 Å². The van der Waals surface area contributed by atoms with Gasteiger partial charge in [-0.1, -0.05) is 29.3 Å². The normalized spacial score (nSPS) is 12.3. The summed E-state index contributed by atoms with van der Waals surface area (Å²) in [4.78, 5) is 0. The summed E-state index contributed by atoms with van der Waals surface area (Å²) < 4.78 is 5.40. The van der Waals surface area contributed by atoms with Gasteiger partial charge in [0.15, 0.2) is 0 Å². The maximum absolute atomic E-state index is 6.45. The summed E-state index contributed by atoms with van der Waals surface area (Å²) in [5.74, 6) is 0.831. The Morgan fingerprint density at radius 2 is 1.71 bits per heavy atom. The zero-order valence-electron chi connectivity index (χ0n) is 13.0. The topological polar surface area (TPSA) is 35.2 Å². The van der Waals surface area contributed by atoms with Crippen molar-refractivity contribution in [1.82, 2.24) is 0 Å². The quantitative estimate of drug-likeness (QED) is 0.901. The standard InChI is InChI=1S/C18H22ClNO/c1-11-7-12(2)18(13(3)8-11)16(20)10-14-9-15(19)5-6-17(14)21-4/h5-9,16H,10,20H2,1-4H3. The third-order valence-electron chi connectivity index (χ3n) is 3.79. The van der Waals surface area contributed by atoms with Gasteiger partial charge in [0, 0.05) is 11.1 Å². The first-order chi connectivity index (χ1) is 9.92. The summed E-state index contributed by atoms with van der Waals surface area (Å²) in [7, 11) is 1.67. The third kappa shape index (κ3) is 3.58. The van der Waals surface area contributed by atoms with E-state index in [0.29, 0.717) is 11.4 Å². The molecule has 2 aromatic rings. The number of methoxy groups -OCH3 is 1. The minimum absolute atomic E-state index is 0.0713. The highest BCUT2D eigenvalue weighted by atomic mass is 35.5. The molecule has 0 amide bonds. The summed E-state index contributed by atoms with van der Waals surface area (Å²) in [6.45, 7) is 6.34. The molecule has 0 aliphatic carbocycles. The molecular formula is C18H22ClNO. The maximum atomic E-state index is 6.45. The zero-order chi connectivity index (χ0) is 15.6. The molecule has 0 saturated carbocycles. The predicted octanol–water partition coefficient (Wildman–Crippen LogP) is 4.52. The molecule has 112 valence electrons. The molecule has 0 spiro atoms. The van der Waals surface area contributed by atoms with Crippen LogP contribution >= 0.6 is 11.6 Å². The molecule has 2 N–H and O–H groups in total. The van der Waals surface area contributed by atoms with Crippen molar-refractivity contribution in [3.8, 4) is 5.75 Å². The minimum atomic E-state index is -0.0713. The number of aryl methyl sites for hydroxylation is 3. The van der Waals surface area contributed by atoms with Crippen molar-refractivity contribution in [3.63, 3.8) is 0 Å². The fraction of sp³-hybridized carbons (Fsp3) is 0.333. The van der Waals surface area contributed by atoms with Crippen molar-refractivity contribution in [2.75, 3.05) is 7.11 Å². The molecule has 0 aliphatic rings. The van der Waals surface area contributed by atoms with Crippen LogP contribution in [0.15, 0.2) is 30.3 Å². The number of ether oxygens (including phenoxy) is 1. The Morgan fingerprint density at radius 1 is 1.10 bits per heavy atom. The fourth-order valence-corrected chi connectivity index (χ4v) is 3.22. The molecule has 0 heterocycles. The minimum Gasteiger partial charge on any atom is -0.496 e. The summed E-state index contributed by atoms with van der Waals surface area (Å²) in [5.41, 5.74) is 12.4. The van der Waals surface area contributed by atoms with E-state index in [0.717, 1.165) is 11.3 Å². The van der Waals surface area contributed by atoms with Gasteiger partial charge in [0.2, 0.25) is 0 Å². The van der Waals surface area contributed by atoms with Crippen LogP contribution in [0.5, 0.6) is 5.75 Å². The van der Waals surface area contributed by atoms with Gasteiger partial charge in [0.25, 0.3) is 0 Å². The van der Waals surface area contributed by atoms with E-state index in [1.165, 1.54) is 22.3 Å². The lowest BCUT2D eigenvalue weighted by molar-refractivity contribution is 0.408. The smallest absolute Gasteiger partial charge is 0.122 e. The summed E-state index contributed by atoms with van der Waals surface area (Å²) in [6, 6.07) is 9.93. The Balaban J connectivity index is 2.34. The van der Waals surface area contributed by atoms with E-state index in [-0.39, 0.29) is 6.04 Å². The Bertz CT molecular complexity index is 629. The lowest BCUT2D eigenvalue weighted by atomic mass is 9.91. The zero-order valence-corrected chi connectivity index (χ0v) is 13.8. The van der Waals surface area contributed by atoms with Gasteiger partial charge in [-0.3, -0.25) is 0 Å². The van der Waals surface area contributed by atoms with Gasteiger partial charge < -0.3 is 10.5 Å². The third-order valence-corrected chi connectivity index (χ3v) is 4.03. The molecule has 0 fully saturated rings. The second-order valence-corrected chi connectivity index (χ2v) is 6.02. The maximum Gasteiger partial charge on any atom is 0.122 e. The second kappa shape index (κ2) is 6.50. The number of nitrogens with two attached hydrogens (primary N) is 1. The second-order valence-electron chi connectivity index (χ2n) is 5.58. The van der Waals surface area contributed by atoms with Gasteiger partial charge in [-0.15, -0.1) is 0 Å². The molecule has 1 unspecified atom stereocenters. The van der Waals surface area contributed by atoms with E-state index in [9.17, 15) is 0 Å². The van der Waals surface area contributed by atoms with Gasteiger partial charge >= 0.3 is 0 Å². The molecular weight excluding hydrogens is 282 g/mol. The van der Waals surface area contributed by atoms with Crippen molar-refractivity contribution in [2.45, 2.75) is 33.2 Å². The van der Waals surface area contributed by atoms with Gasteiger partial charge in [-0.2, -0.15) is 0 Å². The number of hydrogen-bond donors (Lipinski definition) is 1. The molecule has 2 nitrogen and oxygen atoms in total. The molecule has 2 rings (SSSR count). The number of benzene rings is 2. The van der Waals surface area contributed by atoms with Crippen LogP contribution in [0.1, 0.15) is 33.9 Å². The first-order valence-electron chi connectivity index (χ1n) is 7.08. The average Bonchev–Trinajstić information content (AvgIpc) is 2.37. The van der Waals surface area contributed by atoms with E-state index in [4.69, 9.17) is 22.1 Å².